The standard InChI is InChI=1S/C21H25FN2O.ClH/c1-14(2)9-11-25-21-20-19(8-10-23-21)15(3)16(4)24(20)13-17-6-5-7-18(22)12-17;/h5-8,10,12,14H,9,11,13H2,1-4H3;1H. The molecule has 0 atom stereocenters. The molecular weight excluding hydrogens is 351 g/mol. The van der Waals surface area contributed by atoms with Gasteiger partial charge in [-0.15, -0.1) is 12.4 Å². The lowest BCUT2D eigenvalue weighted by Gasteiger charge is -2.13. The summed E-state index contributed by atoms with van der Waals surface area (Å²) in [4.78, 5) is 4.46. The van der Waals surface area contributed by atoms with E-state index in [1.165, 1.54) is 11.6 Å². The van der Waals surface area contributed by atoms with Gasteiger partial charge in [-0.25, -0.2) is 9.37 Å². The van der Waals surface area contributed by atoms with Crippen molar-refractivity contribution in [1.82, 2.24) is 9.55 Å². The quantitative estimate of drug-likeness (QED) is 0.552. The van der Waals surface area contributed by atoms with E-state index in [0.29, 0.717) is 24.9 Å². The minimum absolute atomic E-state index is 0. The van der Waals surface area contributed by atoms with Crippen molar-refractivity contribution < 1.29 is 9.13 Å². The second kappa shape index (κ2) is 8.54. The van der Waals surface area contributed by atoms with Gasteiger partial charge in [0.25, 0.3) is 0 Å². The van der Waals surface area contributed by atoms with E-state index in [0.717, 1.165) is 28.6 Å². The molecule has 0 radical (unpaired) electrons. The van der Waals surface area contributed by atoms with E-state index in [1.54, 1.807) is 18.3 Å². The van der Waals surface area contributed by atoms with Crippen LogP contribution in [0.1, 0.15) is 37.1 Å². The van der Waals surface area contributed by atoms with Crippen molar-refractivity contribution in [3.63, 3.8) is 0 Å². The zero-order valence-corrected chi connectivity index (χ0v) is 16.6. The molecule has 0 saturated carbocycles. The third kappa shape index (κ3) is 4.18. The van der Waals surface area contributed by atoms with Crippen LogP contribution in [0, 0.1) is 25.6 Å². The number of hydrogen-bond acceptors (Lipinski definition) is 2. The summed E-state index contributed by atoms with van der Waals surface area (Å²) in [6.45, 7) is 9.80. The Hall–Kier alpha value is -2.07. The van der Waals surface area contributed by atoms with E-state index < -0.39 is 0 Å². The number of ether oxygens (including phenoxy) is 1. The monoisotopic (exact) mass is 376 g/mol. The number of halogens is 2. The molecule has 3 nitrogen and oxygen atoms in total. The maximum atomic E-state index is 13.6. The Kier molecular flexibility index (Phi) is 6.65. The molecule has 0 fully saturated rings. The molecule has 140 valence electrons. The highest BCUT2D eigenvalue weighted by molar-refractivity contribution is 5.89. The van der Waals surface area contributed by atoms with Gasteiger partial charge in [0.1, 0.15) is 11.3 Å². The third-order valence-electron chi connectivity index (χ3n) is 4.68. The van der Waals surface area contributed by atoms with Gasteiger partial charge in [-0.05, 0) is 55.5 Å². The predicted octanol–water partition coefficient (Wildman–Crippen LogP) is 5.69. The van der Waals surface area contributed by atoms with Gasteiger partial charge in [-0.3, -0.25) is 0 Å². The van der Waals surface area contributed by atoms with Crippen LogP contribution in [0.4, 0.5) is 4.39 Å². The molecule has 0 aliphatic carbocycles. The smallest absolute Gasteiger partial charge is 0.238 e. The lowest BCUT2D eigenvalue weighted by atomic mass is 10.1. The Morgan fingerprint density at radius 3 is 2.65 bits per heavy atom. The summed E-state index contributed by atoms with van der Waals surface area (Å²) in [6.07, 6.45) is 2.78. The molecule has 2 aromatic heterocycles. The number of nitrogens with zero attached hydrogens (tertiary/aromatic N) is 2. The molecule has 3 rings (SSSR count). The van der Waals surface area contributed by atoms with Crippen molar-refractivity contribution in [2.45, 2.75) is 40.7 Å². The number of aromatic nitrogens is 2. The topological polar surface area (TPSA) is 27.1 Å². The second-order valence-corrected chi connectivity index (χ2v) is 6.97. The molecule has 0 bridgehead atoms. The molecular formula is C21H26ClFN2O. The van der Waals surface area contributed by atoms with Crippen LogP contribution in [-0.4, -0.2) is 16.2 Å². The van der Waals surface area contributed by atoms with Crippen LogP contribution in [0.15, 0.2) is 36.5 Å². The van der Waals surface area contributed by atoms with Crippen LogP contribution in [0.5, 0.6) is 5.88 Å². The summed E-state index contributed by atoms with van der Waals surface area (Å²) in [5, 5.41) is 1.14. The van der Waals surface area contributed by atoms with Gasteiger partial charge in [0, 0.05) is 23.8 Å². The summed E-state index contributed by atoms with van der Waals surface area (Å²) in [5.41, 5.74) is 4.28. The Morgan fingerprint density at radius 1 is 1.19 bits per heavy atom. The number of rotatable bonds is 6. The van der Waals surface area contributed by atoms with E-state index in [2.05, 4.69) is 37.2 Å². The van der Waals surface area contributed by atoms with E-state index in [4.69, 9.17) is 4.74 Å². The van der Waals surface area contributed by atoms with Crippen molar-refractivity contribution in [2.24, 2.45) is 5.92 Å². The summed E-state index contributed by atoms with van der Waals surface area (Å²) < 4.78 is 21.7. The number of pyridine rings is 1. The molecule has 0 spiro atoms. The van der Waals surface area contributed by atoms with Crippen molar-refractivity contribution in [3.05, 3.63) is 59.2 Å². The summed E-state index contributed by atoms with van der Waals surface area (Å²) in [7, 11) is 0. The van der Waals surface area contributed by atoms with Crippen LogP contribution >= 0.6 is 12.4 Å². The highest BCUT2D eigenvalue weighted by Gasteiger charge is 2.16. The molecule has 3 aromatic rings. The first-order chi connectivity index (χ1) is 12.0. The van der Waals surface area contributed by atoms with Gasteiger partial charge in [0.15, 0.2) is 0 Å². The zero-order chi connectivity index (χ0) is 18.0. The summed E-state index contributed by atoms with van der Waals surface area (Å²) in [6, 6.07) is 8.76. The summed E-state index contributed by atoms with van der Waals surface area (Å²) in [5.74, 6) is 1.03. The third-order valence-corrected chi connectivity index (χ3v) is 4.68. The van der Waals surface area contributed by atoms with Crippen molar-refractivity contribution in [2.75, 3.05) is 6.61 Å². The van der Waals surface area contributed by atoms with Gasteiger partial charge >= 0.3 is 0 Å². The van der Waals surface area contributed by atoms with Crippen LogP contribution < -0.4 is 4.74 Å². The lowest BCUT2D eigenvalue weighted by molar-refractivity contribution is 0.281. The van der Waals surface area contributed by atoms with Crippen LogP contribution in [0.2, 0.25) is 0 Å². The van der Waals surface area contributed by atoms with Gasteiger partial charge < -0.3 is 9.30 Å². The van der Waals surface area contributed by atoms with Crippen molar-refractivity contribution >= 4 is 23.3 Å². The first-order valence-corrected chi connectivity index (χ1v) is 8.79. The number of hydrogen-bond donors (Lipinski definition) is 0. The molecule has 0 unspecified atom stereocenters. The maximum absolute atomic E-state index is 13.6. The highest BCUT2D eigenvalue weighted by Crippen LogP contribution is 2.31. The molecule has 1 aromatic carbocycles. The molecule has 0 N–H and O–H groups in total. The lowest BCUT2D eigenvalue weighted by Crippen LogP contribution is -2.07. The first-order valence-electron chi connectivity index (χ1n) is 8.79. The Labute approximate surface area is 160 Å². The zero-order valence-electron chi connectivity index (χ0n) is 15.8. The van der Waals surface area contributed by atoms with Crippen molar-refractivity contribution in [1.29, 1.82) is 0 Å². The number of fused-ring (bicyclic) bond motifs is 1. The van der Waals surface area contributed by atoms with Crippen molar-refractivity contribution in [3.8, 4) is 5.88 Å². The number of benzene rings is 1. The minimum atomic E-state index is -0.213. The van der Waals surface area contributed by atoms with Crippen LogP contribution in [0.25, 0.3) is 10.9 Å². The average Bonchev–Trinajstić information content (AvgIpc) is 2.81. The van der Waals surface area contributed by atoms with Crippen LogP contribution in [0.3, 0.4) is 0 Å². The van der Waals surface area contributed by atoms with E-state index in [1.807, 2.05) is 12.1 Å². The fourth-order valence-corrected chi connectivity index (χ4v) is 3.08. The Bertz CT molecular complexity index is 889. The molecule has 26 heavy (non-hydrogen) atoms. The predicted molar refractivity (Wildman–Crippen MR) is 107 cm³/mol. The molecule has 0 amide bonds. The first kappa shape index (κ1) is 20.2. The van der Waals surface area contributed by atoms with Gasteiger partial charge in [0.05, 0.1) is 6.61 Å². The molecule has 0 aliphatic rings. The summed E-state index contributed by atoms with van der Waals surface area (Å²) >= 11 is 0. The second-order valence-electron chi connectivity index (χ2n) is 6.97. The van der Waals surface area contributed by atoms with E-state index in [9.17, 15) is 4.39 Å². The van der Waals surface area contributed by atoms with Gasteiger partial charge in [0.2, 0.25) is 5.88 Å². The highest BCUT2D eigenvalue weighted by atomic mass is 35.5. The largest absolute Gasteiger partial charge is 0.476 e. The molecule has 5 heteroatoms. The number of aryl methyl sites for hydroxylation is 1. The van der Waals surface area contributed by atoms with E-state index >= 15 is 0 Å². The SMILES string of the molecule is Cc1c(C)n(Cc2cccc(F)c2)c2c(OCCC(C)C)nccc12.Cl. The fourth-order valence-electron chi connectivity index (χ4n) is 3.08. The van der Waals surface area contributed by atoms with Gasteiger partial charge in [-0.1, -0.05) is 26.0 Å². The molecule has 2 heterocycles. The normalized spacial score (nSPS) is 11.0. The fraction of sp³-hybridized carbons (Fsp3) is 0.381. The Balaban J connectivity index is 0.00000243. The molecule has 0 aliphatic heterocycles. The van der Waals surface area contributed by atoms with Crippen LogP contribution in [-0.2, 0) is 6.54 Å². The average molecular weight is 377 g/mol. The molecule has 0 saturated heterocycles. The minimum Gasteiger partial charge on any atom is -0.476 e. The van der Waals surface area contributed by atoms with E-state index in [-0.39, 0.29) is 18.2 Å². The maximum Gasteiger partial charge on any atom is 0.238 e. The van der Waals surface area contributed by atoms with Gasteiger partial charge in [-0.2, -0.15) is 0 Å². The Morgan fingerprint density at radius 2 is 1.96 bits per heavy atom.